The SMILES string of the molecule is CCC(C)(CN)C(=O)NC1(C)CCS(=O)(=O)C1. The summed E-state index contributed by atoms with van der Waals surface area (Å²) in [7, 11) is -3.00. The molecule has 0 spiro atoms. The van der Waals surface area contributed by atoms with E-state index < -0.39 is 20.8 Å². The van der Waals surface area contributed by atoms with Crippen molar-refractivity contribution in [3.63, 3.8) is 0 Å². The van der Waals surface area contributed by atoms with Gasteiger partial charge in [-0.2, -0.15) is 0 Å². The molecule has 100 valence electrons. The third kappa shape index (κ3) is 3.19. The van der Waals surface area contributed by atoms with Crippen LogP contribution in [0, 0.1) is 5.41 Å². The van der Waals surface area contributed by atoms with E-state index in [0.717, 1.165) is 0 Å². The number of rotatable bonds is 4. The molecule has 1 fully saturated rings. The summed E-state index contributed by atoms with van der Waals surface area (Å²) in [6.07, 6.45) is 1.11. The zero-order chi connectivity index (χ0) is 13.3. The fourth-order valence-electron chi connectivity index (χ4n) is 1.93. The van der Waals surface area contributed by atoms with Crippen molar-refractivity contribution >= 4 is 15.7 Å². The molecule has 1 heterocycles. The van der Waals surface area contributed by atoms with Crippen LogP contribution in [-0.2, 0) is 14.6 Å². The van der Waals surface area contributed by atoms with Crippen LogP contribution in [0.1, 0.15) is 33.6 Å². The fourth-order valence-corrected chi connectivity index (χ4v) is 4.02. The van der Waals surface area contributed by atoms with Crippen LogP contribution >= 0.6 is 0 Å². The van der Waals surface area contributed by atoms with Crippen LogP contribution in [-0.4, -0.2) is 37.9 Å². The summed E-state index contributed by atoms with van der Waals surface area (Å²) >= 11 is 0. The van der Waals surface area contributed by atoms with Crippen molar-refractivity contribution in [1.82, 2.24) is 5.32 Å². The first-order valence-corrected chi connectivity index (χ1v) is 7.72. The number of amides is 1. The average molecular weight is 262 g/mol. The van der Waals surface area contributed by atoms with Gasteiger partial charge in [-0.3, -0.25) is 4.79 Å². The molecule has 0 radical (unpaired) electrons. The maximum Gasteiger partial charge on any atom is 0.227 e. The van der Waals surface area contributed by atoms with Crippen LogP contribution in [0.25, 0.3) is 0 Å². The van der Waals surface area contributed by atoms with Gasteiger partial charge in [0.15, 0.2) is 9.84 Å². The van der Waals surface area contributed by atoms with E-state index in [-0.39, 0.29) is 24.0 Å². The summed E-state index contributed by atoms with van der Waals surface area (Å²) in [5, 5.41) is 2.86. The summed E-state index contributed by atoms with van der Waals surface area (Å²) in [5.74, 6) is 0.0211. The smallest absolute Gasteiger partial charge is 0.227 e. The van der Waals surface area contributed by atoms with E-state index in [9.17, 15) is 13.2 Å². The highest BCUT2D eigenvalue weighted by Crippen LogP contribution is 2.26. The molecule has 0 aromatic heterocycles. The van der Waals surface area contributed by atoms with Crippen molar-refractivity contribution in [2.24, 2.45) is 11.1 Å². The Labute approximate surface area is 103 Å². The van der Waals surface area contributed by atoms with Crippen molar-refractivity contribution in [2.45, 2.75) is 39.2 Å². The number of carbonyl (C=O) groups is 1. The summed E-state index contributed by atoms with van der Waals surface area (Å²) in [4.78, 5) is 12.1. The van der Waals surface area contributed by atoms with Crippen LogP contribution in [0.2, 0.25) is 0 Å². The van der Waals surface area contributed by atoms with Gasteiger partial charge in [-0.25, -0.2) is 8.42 Å². The normalized spacial score (nSPS) is 30.8. The largest absolute Gasteiger partial charge is 0.349 e. The molecular formula is C11H22N2O3S. The van der Waals surface area contributed by atoms with Gasteiger partial charge in [-0.05, 0) is 26.7 Å². The van der Waals surface area contributed by atoms with Crippen molar-refractivity contribution in [3.8, 4) is 0 Å². The first-order chi connectivity index (χ1) is 7.66. The van der Waals surface area contributed by atoms with Gasteiger partial charge in [0, 0.05) is 6.54 Å². The van der Waals surface area contributed by atoms with Gasteiger partial charge in [0.1, 0.15) is 0 Å². The number of hydrogen-bond acceptors (Lipinski definition) is 4. The summed E-state index contributed by atoms with van der Waals surface area (Å²) in [6, 6.07) is 0. The van der Waals surface area contributed by atoms with E-state index >= 15 is 0 Å². The molecule has 5 nitrogen and oxygen atoms in total. The molecule has 6 heteroatoms. The lowest BCUT2D eigenvalue weighted by molar-refractivity contribution is -0.131. The van der Waals surface area contributed by atoms with Crippen LogP contribution in [0.4, 0.5) is 0 Å². The first kappa shape index (κ1) is 14.4. The number of nitrogens with two attached hydrogens (primary N) is 1. The van der Waals surface area contributed by atoms with Crippen LogP contribution in [0.3, 0.4) is 0 Å². The molecule has 17 heavy (non-hydrogen) atoms. The highest BCUT2D eigenvalue weighted by molar-refractivity contribution is 7.91. The van der Waals surface area contributed by atoms with Gasteiger partial charge >= 0.3 is 0 Å². The Morgan fingerprint density at radius 1 is 1.53 bits per heavy atom. The minimum Gasteiger partial charge on any atom is -0.349 e. The Balaban J connectivity index is 2.76. The van der Waals surface area contributed by atoms with E-state index in [1.165, 1.54) is 0 Å². The van der Waals surface area contributed by atoms with E-state index in [1.54, 1.807) is 13.8 Å². The third-order valence-electron chi connectivity index (χ3n) is 3.70. The third-order valence-corrected chi connectivity index (χ3v) is 5.60. The van der Waals surface area contributed by atoms with E-state index in [4.69, 9.17) is 5.73 Å². The number of carbonyl (C=O) groups excluding carboxylic acids is 1. The lowest BCUT2D eigenvalue weighted by atomic mass is 9.85. The lowest BCUT2D eigenvalue weighted by Gasteiger charge is -2.31. The lowest BCUT2D eigenvalue weighted by Crippen LogP contribution is -2.53. The van der Waals surface area contributed by atoms with Crippen LogP contribution in [0.15, 0.2) is 0 Å². The zero-order valence-corrected chi connectivity index (χ0v) is 11.6. The van der Waals surface area contributed by atoms with Gasteiger partial charge in [0.2, 0.25) is 5.91 Å². The molecule has 0 aromatic carbocycles. The average Bonchev–Trinajstić information content (AvgIpc) is 2.51. The standard InChI is InChI=1S/C11H22N2O3S/c1-4-10(2,7-12)9(14)13-11(3)5-6-17(15,16)8-11/h4-8,12H2,1-3H3,(H,13,14). The fraction of sp³-hybridized carbons (Fsp3) is 0.909. The molecule has 1 aliphatic rings. The second kappa shape index (κ2) is 4.57. The number of hydrogen-bond donors (Lipinski definition) is 2. The highest BCUT2D eigenvalue weighted by Gasteiger charge is 2.42. The Bertz CT molecular complexity index is 401. The molecule has 0 aliphatic carbocycles. The number of sulfone groups is 1. The Kier molecular flexibility index (Phi) is 3.88. The van der Waals surface area contributed by atoms with Gasteiger partial charge < -0.3 is 11.1 Å². The topological polar surface area (TPSA) is 89.3 Å². The molecule has 1 aliphatic heterocycles. The molecular weight excluding hydrogens is 240 g/mol. The Morgan fingerprint density at radius 2 is 2.12 bits per heavy atom. The number of nitrogens with one attached hydrogen (secondary N) is 1. The van der Waals surface area contributed by atoms with E-state index in [1.807, 2.05) is 6.92 Å². The predicted octanol–water partition coefficient (Wildman–Crippen LogP) is 0.0548. The van der Waals surface area contributed by atoms with Crippen LogP contribution in [0.5, 0.6) is 0 Å². The maximum absolute atomic E-state index is 12.1. The van der Waals surface area contributed by atoms with Gasteiger partial charge in [0.05, 0.1) is 22.5 Å². The molecule has 2 unspecified atom stereocenters. The van der Waals surface area contributed by atoms with Gasteiger partial charge in [0.25, 0.3) is 0 Å². The molecule has 0 aromatic rings. The summed E-state index contributed by atoms with van der Waals surface area (Å²) < 4.78 is 22.9. The van der Waals surface area contributed by atoms with Crippen molar-refractivity contribution in [3.05, 3.63) is 0 Å². The monoisotopic (exact) mass is 262 g/mol. The summed E-state index contributed by atoms with van der Waals surface area (Å²) in [6.45, 7) is 5.75. The second-order valence-electron chi connectivity index (χ2n) is 5.48. The predicted molar refractivity (Wildman–Crippen MR) is 67.3 cm³/mol. The molecule has 0 bridgehead atoms. The van der Waals surface area contributed by atoms with Crippen molar-refractivity contribution in [1.29, 1.82) is 0 Å². The van der Waals surface area contributed by atoms with E-state index in [2.05, 4.69) is 5.32 Å². The first-order valence-electron chi connectivity index (χ1n) is 5.89. The van der Waals surface area contributed by atoms with Crippen LogP contribution < -0.4 is 11.1 Å². The molecule has 3 N–H and O–H groups in total. The quantitative estimate of drug-likeness (QED) is 0.749. The molecule has 0 saturated carbocycles. The zero-order valence-electron chi connectivity index (χ0n) is 10.7. The van der Waals surface area contributed by atoms with E-state index in [0.29, 0.717) is 12.8 Å². The van der Waals surface area contributed by atoms with Gasteiger partial charge in [-0.1, -0.05) is 6.92 Å². The second-order valence-corrected chi connectivity index (χ2v) is 7.66. The maximum atomic E-state index is 12.1. The molecule has 2 atom stereocenters. The van der Waals surface area contributed by atoms with Crippen molar-refractivity contribution in [2.75, 3.05) is 18.1 Å². The minimum absolute atomic E-state index is 0.0239. The molecule has 1 amide bonds. The molecule has 1 saturated heterocycles. The molecule has 1 rings (SSSR count). The minimum atomic E-state index is -3.00. The van der Waals surface area contributed by atoms with Gasteiger partial charge in [-0.15, -0.1) is 0 Å². The Hall–Kier alpha value is -0.620. The summed E-state index contributed by atoms with van der Waals surface area (Å²) in [5.41, 5.74) is 4.36. The highest BCUT2D eigenvalue weighted by atomic mass is 32.2. The Morgan fingerprint density at radius 3 is 2.47 bits per heavy atom. The van der Waals surface area contributed by atoms with Crippen molar-refractivity contribution < 1.29 is 13.2 Å².